The van der Waals surface area contributed by atoms with Gasteiger partial charge in [-0.2, -0.15) is 0 Å². The lowest BCUT2D eigenvalue weighted by atomic mass is 9.93. The first-order valence-corrected chi connectivity index (χ1v) is 31.8. The number of hydrogen-bond acceptors (Lipinski definition) is 12. The van der Waals surface area contributed by atoms with Crippen LogP contribution in [-0.2, 0) is 40.1 Å². The molecule has 0 saturated heterocycles. The van der Waals surface area contributed by atoms with Gasteiger partial charge in [-0.05, 0) is 89.1 Å². The van der Waals surface area contributed by atoms with E-state index in [1.54, 1.807) is 36.4 Å². The lowest BCUT2D eigenvalue weighted by Gasteiger charge is -2.24. The molecule has 0 N–H and O–H groups in total. The fourth-order valence-corrected chi connectivity index (χ4v) is 14.8. The second kappa shape index (κ2) is 22.7. The standard InChI is InChI=1S/C56H64N6O10S4/c1-9-61(10-2)41-27-31-45-51(37-41)71-49-35-39(25-29-43(49)55(45)47-21-15-17-23-53(47)75(67,68)57-73(7,63)64)59(5)33-19-13-14-20-34-60(6)40-26-30-44-50(36-40)72-52-38-42(62(11-3)12-4)28-32-46(52)56(44)48-22-16-18-24-54(48)76(69,70)58-74(8,65)66/h15-18,21-32,35-38H,9-14,19-20,33-34H2,1-8H3. The van der Waals surface area contributed by atoms with Gasteiger partial charge in [0.2, 0.25) is 10.7 Å². The van der Waals surface area contributed by atoms with Crippen LogP contribution in [0.3, 0.4) is 0 Å². The molecule has 76 heavy (non-hydrogen) atoms. The molecule has 402 valence electrons. The van der Waals surface area contributed by atoms with Crippen LogP contribution in [-0.4, -0.2) is 99.5 Å². The maximum Gasteiger partial charge on any atom is 0.203 e. The Labute approximate surface area is 446 Å². The first-order chi connectivity index (χ1) is 36.1. The van der Waals surface area contributed by atoms with Crippen LogP contribution in [0.5, 0.6) is 0 Å². The van der Waals surface area contributed by atoms with Gasteiger partial charge in [-0.1, -0.05) is 36.4 Å². The molecule has 0 amide bonds. The minimum absolute atomic E-state index is 0.226. The van der Waals surface area contributed by atoms with Crippen molar-refractivity contribution in [2.75, 3.05) is 75.7 Å². The molecule has 0 atom stereocenters. The second-order valence-electron chi connectivity index (χ2n) is 18.8. The fraction of sp³-hybridized carbons (Fsp3) is 0.321. The zero-order valence-electron chi connectivity index (χ0n) is 44.0. The van der Waals surface area contributed by atoms with Gasteiger partial charge >= 0.3 is 0 Å². The number of hydrogen-bond donors (Lipinski definition) is 0. The fourth-order valence-electron chi connectivity index (χ4n) is 9.90. The van der Waals surface area contributed by atoms with Crippen LogP contribution in [0, 0.1) is 0 Å². The Balaban J connectivity index is 1.06. The van der Waals surface area contributed by atoms with E-state index in [0.717, 1.165) is 99.6 Å². The average Bonchev–Trinajstić information content (AvgIpc) is 3.38. The van der Waals surface area contributed by atoms with Gasteiger partial charge in [0.25, 0.3) is 0 Å². The molecule has 2 aliphatic carbocycles. The summed E-state index contributed by atoms with van der Waals surface area (Å²) in [5, 5.41) is 3.15. The van der Waals surface area contributed by atoms with Crippen molar-refractivity contribution in [3.05, 3.63) is 140 Å². The van der Waals surface area contributed by atoms with Crippen molar-refractivity contribution in [1.29, 1.82) is 0 Å². The Hall–Kier alpha value is -6.42. The van der Waals surface area contributed by atoms with Crippen LogP contribution in [0.4, 0.5) is 11.4 Å². The highest BCUT2D eigenvalue weighted by molar-refractivity contribution is 8.12. The van der Waals surface area contributed by atoms with E-state index in [4.69, 9.17) is 8.83 Å². The molecule has 4 aliphatic rings. The van der Waals surface area contributed by atoms with Crippen LogP contribution < -0.4 is 29.7 Å². The summed E-state index contributed by atoms with van der Waals surface area (Å²) in [7, 11) is -13.6. The van der Waals surface area contributed by atoms with Crippen LogP contribution in [0.1, 0.15) is 53.4 Å². The molecule has 2 aliphatic heterocycles. The van der Waals surface area contributed by atoms with E-state index in [2.05, 4.69) is 54.9 Å². The Morgan fingerprint density at radius 1 is 0.447 bits per heavy atom. The predicted octanol–water partition coefficient (Wildman–Crippen LogP) is 9.52. The summed E-state index contributed by atoms with van der Waals surface area (Å²) in [6, 6.07) is 36.0. The molecule has 4 aromatic carbocycles. The lowest BCUT2D eigenvalue weighted by Crippen LogP contribution is -2.27. The van der Waals surface area contributed by atoms with E-state index in [9.17, 15) is 33.7 Å². The summed E-state index contributed by atoms with van der Waals surface area (Å²) >= 11 is 0. The van der Waals surface area contributed by atoms with Gasteiger partial charge in [0.1, 0.15) is 69.9 Å². The Bertz CT molecular complexity index is 3770. The lowest BCUT2D eigenvalue weighted by molar-refractivity contribution is 0.543. The van der Waals surface area contributed by atoms with Crippen LogP contribution >= 0.6 is 0 Å². The third kappa shape index (κ3) is 12.2. The van der Waals surface area contributed by atoms with E-state index in [-0.39, 0.29) is 9.79 Å². The molecular formula is C56H64N6O10S4. The summed E-state index contributed by atoms with van der Waals surface area (Å²) in [5.74, 6) is 1.07. The summed E-state index contributed by atoms with van der Waals surface area (Å²) in [6.45, 7) is 12.9. The first-order valence-electron chi connectivity index (χ1n) is 25.2. The van der Waals surface area contributed by atoms with Gasteiger partial charge in [-0.15, -0.1) is 0 Å². The first kappa shape index (κ1) is 55.8. The quantitative estimate of drug-likeness (QED) is 0.0375. The van der Waals surface area contributed by atoms with E-state index in [1.165, 1.54) is 12.1 Å². The van der Waals surface area contributed by atoms with Gasteiger partial charge in [-0.25, -0.2) is 42.8 Å². The van der Waals surface area contributed by atoms with Crippen LogP contribution in [0.15, 0.2) is 140 Å². The molecule has 0 radical (unpaired) electrons. The number of rotatable bonds is 21. The molecule has 20 heteroatoms. The summed E-state index contributed by atoms with van der Waals surface area (Å²) in [6.07, 6.45) is 5.27. The minimum Gasteiger partial charge on any atom is -0.456 e. The maximum absolute atomic E-state index is 13.6. The van der Waals surface area contributed by atoms with Crippen molar-refractivity contribution in [2.24, 2.45) is 0 Å². The molecule has 0 unspecified atom stereocenters. The minimum atomic E-state index is -4.61. The second-order valence-corrected chi connectivity index (χ2v) is 25.7. The summed E-state index contributed by atoms with van der Waals surface area (Å²) < 4.78 is 127. The number of sulfonamides is 4. The highest BCUT2D eigenvalue weighted by atomic mass is 32.3. The number of nitrogens with zero attached hydrogens (tertiary/aromatic N) is 6. The number of fused-ring (bicyclic) bond motifs is 4. The molecule has 0 aromatic heterocycles. The zero-order valence-corrected chi connectivity index (χ0v) is 47.3. The molecular weight excluding hydrogens is 1040 g/mol. The predicted molar refractivity (Wildman–Crippen MR) is 305 cm³/mol. The van der Waals surface area contributed by atoms with Crippen molar-refractivity contribution in [3.63, 3.8) is 0 Å². The van der Waals surface area contributed by atoms with Crippen molar-refractivity contribution in [1.82, 2.24) is 9.15 Å². The monoisotopic (exact) mass is 1110 g/mol. The molecule has 0 bridgehead atoms. The molecule has 8 rings (SSSR count). The summed E-state index contributed by atoms with van der Waals surface area (Å²) in [4.78, 5) is 3.93. The van der Waals surface area contributed by atoms with E-state index in [1.807, 2.05) is 86.9 Å². The highest BCUT2D eigenvalue weighted by Gasteiger charge is 2.26. The molecule has 0 spiro atoms. The van der Waals surface area contributed by atoms with Crippen molar-refractivity contribution in [3.8, 4) is 44.9 Å². The van der Waals surface area contributed by atoms with Gasteiger partial charge in [0, 0.05) is 131 Å². The van der Waals surface area contributed by atoms with Crippen LogP contribution in [0.2, 0.25) is 0 Å². The summed E-state index contributed by atoms with van der Waals surface area (Å²) in [5.41, 5.74) is 6.09. The van der Waals surface area contributed by atoms with Gasteiger partial charge in [0.05, 0.1) is 42.0 Å². The van der Waals surface area contributed by atoms with Crippen molar-refractivity contribution >= 4 is 73.4 Å². The highest BCUT2D eigenvalue weighted by Crippen LogP contribution is 2.45. The third-order valence-electron chi connectivity index (χ3n) is 13.6. The van der Waals surface area contributed by atoms with Gasteiger partial charge < -0.3 is 26.9 Å². The molecule has 4 aromatic rings. The largest absolute Gasteiger partial charge is 0.456 e. The van der Waals surface area contributed by atoms with Crippen LogP contribution in [0.25, 0.3) is 75.1 Å². The van der Waals surface area contributed by atoms with Gasteiger partial charge in [-0.3, -0.25) is 0 Å². The number of anilines is 2. The Morgan fingerprint density at radius 3 is 1.17 bits per heavy atom. The topological polar surface area (TPSA) is 204 Å². The molecule has 0 fully saturated rings. The Morgan fingerprint density at radius 2 is 0.816 bits per heavy atom. The SMILES string of the molecule is CCN(CC)c1ccc2c(-c3ccccc3S(=O)(=O)[N-]S(C)(=O)=O)c3ccc(=[N+](C)CCCCCC[N+](C)=c4ccc5c(-c6ccccc6S(=O)(=O)[N-]S(C)(=O)=O)c6ccc(N(CC)CC)cc6oc-5c4)cc-3oc2c1. The number of benzene rings is 6. The van der Waals surface area contributed by atoms with Gasteiger partial charge in [0.15, 0.2) is 0 Å². The number of unbranched alkanes of at least 4 members (excludes halogenated alkanes) is 3. The Kier molecular flexibility index (Phi) is 16.6. The van der Waals surface area contributed by atoms with E-state index >= 15 is 0 Å². The van der Waals surface area contributed by atoms with E-state index < -0.39 is 40.1 Å². The maximum atomic E-state index is 13.6. The van der Waals surface area contributed by atoms with Crippen molar-refractivity contribution in [2.45, 2.75) is 63.2 Å². The third-order valence-corrected chi connectivity index (χ3v) is 19.1. The average molecular weight is 1110 g/mol. The molecule has 16 nitrogen and oxygen atoms in total. The normalized spacial score (nSPS) is 13.4. The molecule has 2 heterocycles. The zero-order chi connectivity index (χ0) is 54.7. The van der Waals surface area contributed by atoms with E-state index in [0.29, 0.717) is 66.8 Å². The smallest absolute Gasteiger partial charge is 0.203 e. The molecule has 0 saturated carbocycles. The van der Waals surface area contributed by atoms with Crippen molar-refractivity contribution < 1.29 is 42.5 Å².